The number of nitro benzene ring substituents is 1. The Labute approximate surface area is 156 Å². The number of non-ortho nitro benzene ring substituents is 1. The summed E-state index contributed by atoms with van der Waals surface area (Å²) in [5.74, 6) is -0.411. The molecule has 1 fully saturated rings. The van der Waals surface area contributed by atoms with E-state index in [1.54, 1.807) is 12.1 Å². The molecule has 0 radical (unpaired) electrons. The van der Waals surface area contributed by atoms with Gasteiger partial charge in [0.05, 0.1) is 9.82 Å². The Balaban J connectivity index is 1.85. The molecule has 0 saturated carbocycles. The lowest BCUT2D eigenvalue weighted by Crippen LogP contribution is -2.49. The van der Waals surface area contributed by atoms with E-state index in [2.05, 4.69) is 10.3 Å². The number of carbonyl (C=O) groups excluding carboxylic acids is 1. The highest BCUT2D eigenvalue weighted by atomic mass is 32.2. The second-order valence-electron chi connectivity index (χ2n) is 6.10. The van der Waals surface area contributed by atoms with Gasteiger partial charge in [0.25, 0.3) is 5.69 Å². The van der Waals surface area contributed by atoms with Gasteiger partial charge in [-0.15, -0.1) is 0 Å². The highest BCUT2D eigenvalue weighted by molar-refractivity contribution is 7.89. The Kier molecular flexibility index (Phi) is 5.47. The van der Waals surface area contributed by atoms with Crippen LogP contribution in [-0.4, -0.2) is 41.1 Å². The predicted molar refractivity (Wildman–Crippen MR) is 97.5 cm³/mol. The van der Waals surface area contributed by atoms with E-state index in [-0.39, 0.29) is 17.1 Å². The molecule has 2 heterocycles. The molecule has 1 aromatic heterocycles. The molecule has 1 atom stereocenters. The summed E-state index contributed by atoms with van der Waals surface area (Å²) in [5, 5.41) is 13.5. The van der Waals surface area contributed by atoms with Crippen LogP contribution >= 0.6 is 0 Å². The average molecular weight is 390 g/mol. The monoisotopic (exact) mass is 390 g/mol. The number of nitrogens with zero attached hydrogens (tertiary/aromatic N) is 3. The fourth-order valence-corrected chi connectivity index (χ4v) is 4.65. The predicted octanol–water partition coefficient (Wildman–Crippen LogP) is 2.17. The zero-order valence-electron chi connectivity index (χ0n) is 14.3. The van der Waals surface area contributed by atoms with Crippen molar-refractivity contribution in [3.8, 4) is 0 Å². The molecular weight excluding hydrogens is 372 g/mol. The van der Waals surface area contributed by atoms with Crippen molar-refractivity contribution >= 4 is 27.3 Å². The minimum Gasteiger partial charge on any atom is -0.325 e. The second-order valence-corrected chi connectivity index (χ2v) is 7.99. The molecule has 0 bridgehead atoms. The second kappa shape index (κ2) is 7.80. The summed E-state index contributed by atoms with van der Waals surface area (Å²) in [6, 6.07) is 7.07. The fraction of sp³-hybridized carbons (Fsp3) is 0.294. The lowest BCUT2D eigenvalue weighted by Gasteiger charge is -2.33. The van der Waals surface area contributed by atoms with Gasteiger partial charge in [-0.1, -0.05) is 6.42 Å². The number of hydrogen-bond donors (Lipinski definition) is 1. The number of carbonyl (C=O) groups is 1. The highest BCUT2D eigenvalue weighted by Crippen LogP contribution is 2.27. The molecule has 0 aliphatic carbocycles. The van der Waals surface area contributed by atoms with Crippen LogP contribution in [0.3, 0.4) is 0 Å². The zero-order chi connectivity index (χ0) is 19.4. The first-order chi connectivity index (χ1) is 12.9. The van der Waals surface area contributed by atoms with Gasteiger partial charge in [-0.05, 0) is 37.1 Å². The maximum atomic E-state index is 13.0. The van der Waals surface area contributed by atoms with E-state index >= 15 is 0 Å². The van der Waals surface area contributed by atoms with Gasteiger partial charge >= 0.3 is 0 Å². The topological polar surface area (TPSA) is 123 Å². The number of amides is 1. The minimum atomic E-state index is -3.95. The molecule has 2 aromatic rings. The van der Waals surface area contributed by atoms with Crippen LogP contribution in [0.15, 0.2) is 53.7 Å². The molecule has 142 valence electrons. The van der Waals surface area contributed by atoms with E-state index < -0.39 is 26.9 Å². The number of rotatable bonds is 5. The van der Waals surface area contributed by atoms with Crippen molar-refractivity contribution < 1.29 is 18.1 Å². The molecule has 3 rings (SSSR count). The number of hydrogen-bond acceptors (Lipinski definition) is 6. The summed E-state index contributed by atoms with van der Waals surface area (Å²) in [4.78, 5) is 26.6. The largest absolute Gasteiger partial charge is 0.325 e. The van der Waals surface area contributed by atoms with Crippen LogP contribution in [0.25, 0.3) is 0 Å². The average Bonchev–Trinajstić information content (AvgIpc) is 2.69. The number of nitro groups is 1. The number of aromatic nitrogens is 1. The molecule has 1 N–H and O–H groups in total. The Morgan fingerprint density at radius 3 is 2.44 bits per heavy atom. The van der Waals surface area contributed by atoms with E-state index in [9.17, 15) is 23.3 Å². The van der Waals surface area contributed by atoms with E-state index in [4.69, 9.17) is 0 Å². The van der Waals surface area contributed by atoms with Crippen molar-refractivity contribution in [3.05, 3.63) is 58.9 Å². The van der Waals surface area contributed by atoms with Crippen LogP contribution in [0.5, 0.6) is 0 Å². The van der Waals surface area contributed by atoms with Crippen LogP contribution < -0.4 is 5.32 Å². The van der Waals surface area contributed by atoms with E-state index in [0.29, 0.717) is 18.5 Å². The van der Waals surface area contributed by atoms with Crippen LogP contribution in [0, 0.1) is 10.1 Å². The Bertz CT molecular complexity index is 932. The molecule has 0 spiro atoms. The summed E-state index contributed by atoms with van der Waals surface area (Å²) in [7, 11) is -3.95. The van der Waals surface area contributed by atoms with Gasteiger partial charge in [0, 0.05) is 36.8 Å². The first-order valence-electron chi connectivity index (χ1n) is 8.37. The number of nitrogens with one attached hydrogen (secondary N) is 1. The van der Waals surface area contributed by atoms with Gasteiger partial charge < -0.3 is 5.32 Å². The third kappa shape index (κ3) is 4.12. The summed E-state index contributed by atoms with van der Waals surface area (Å²) < 4.78 is 27.2. The van der Waals surface area contributed by atoms with Crippen LogP contribution in [0.1, 0.15) is 19.3 Å². The molecule has 1 amide bonds. The molecule has 1 aliphatic heterocycles. The van der Waals surface area contributed by atoms with Crippen LogP contribution in [0.2, 0.25) is 0 Å². The van der Waals surface area contributed by atoms with Crippen LogP contribution in [-0.2, 0) is 14.8 Å². The molecule has 27 heavy (non-hydrogen) atoms. The summed E-state index contributed by atoms with van der Waals surface area (Å²) in [5.41, 5.74) is 0.341. The number of benzene rings is 1. The summed E-state index contributed by atoms with van der Waals surface area (Å²) in [6.07, 6.45) is 4.85. The van der Waals surface area contributed by atoms with E-state index in [1.165, 1.54) is 28.8 Å². The Morgan fingerprint density at radius 2 is 1.81 bits per heavy atom. The summed E-state index contributed by atoms with van der Waals surface area (Å²) in [6.45, 7) is 0.216. The normalized spacial score (nSPS) is 18.0. The first kappa shape index (κ1) is 18.9. The zero-order valence-corrected chi connectivity index (χ0v) is 15.1. The molecule has 1 saturated heterocycles. The van der Waals surface area contributed by atoms with Gasteiger partial charge in [0.2, 0.25) is 15.9 Å². The maximum absolute atomic E-state index is 13.0. The van der Waals surface area contributed by atoms with Gasteiger partial charge in [-0.2, -0.15) is 4.31 Å². The van der Waals surface area contributed by atoms with Crippen molar-refractivity contribution in [2.24, 2.45) is 0 Å². The smallest absolute Gasteiger partial charge is 0.269 e. The third-order valence-electron chi connectivity index (χ3n) is 4.36. The van der Waals surface area contributed by atoms with Gasteiger partial charge in [-0.25, -0.2) is 8.42 Å². The molecular formula is C17H18N4O5S. The van der Waals surface area contributed by atoms with Crippen molar-refractivity contribution in [1.29, 1.82) is 0 Å². The van der Waals surface area contributed by atoms with Crippen molar-refractivity contribution in [2.45, 2.75) is 30.2 Å². The van der Waals surface area contributed by atoms with Crippen molar-refractivity contribution in [3.63, 3.8) is 0 Å². The molecule has 10 heteroatoms. The minimum absolute atomic E-state index is 0.0725. The van der Waals surface area contributed by atoms with Crippen molar-refractivity contribution in [2.75, 3.05) is 11.9 Å². The van der Waals surface area contributed by atoms with Crippen LogP contribution in [0.4, 0.5) is 11.4 Å². The highest BCUT2D eigenvalue weighted by Gasteiger charge is 2.37. The SMILES string of the molecule is O=C(Nc1ccncc1)[C@H]1CCCCN1S(=O)(=O)c1ccc([N+](=O)[O-])cc1. The quantitative estimate of drug-likeness (QED) is 0.617. The van der Waals surface area contributed by atoms with Crippen molar-refractivity contribution in [1.82, 2.24) is 9.29 Å². The summed E-state index contributed by atoms with van der Waals surface area (Å²) >= 11 is 0. The number of sulfonamides is 1. The van der Waals surface area contributed by atoms with Gasteiger partial charge in [0.15, 0.2) is 0 Å². The molecule has 1 aliphatic rings. The van der Waals surface area contributed by atoms with Gasteiger partial charge in [0.1, 0.15) is 6.04 Å². The fourth-order valence-electron chi connectivity index (χ4n) is 2.99. The molecule has 0 unspecified atom stereocenters. The standard InChI is InChI=1S/C17H18N4O5S/c22-17(19-13-8-10-18-11-9-13)16-3-1-2-12-20(16)27(25,26)15-6-4-14(5-7-15)21(23)24/h4-11,16H,1-3,12H2,(H,18,19,22)/t16-/m1/s1. The van der Waals surface area contributed by atoms with Gasteiger partial charge in [-0.3, -0.25) is 19.9 Å². The van der Waals surface area contributed by atoms with E-state index in [0.717, 1.165) is 18.6 Å². The van der Waals surface area contributed by atoms with E-state index in [1.807, 2.05) is 0 Å². The Hall–Kier alpha value is -2.85. The lowest BCUT2D eigenvalue weighted by molar-refractivity contribution is -0.384. The molecule has 9 nitrogen and oxygen atoms in total. The number of piperidine rings is 1. The third-order valence-corrected chi connectivity index (χ3v) is 6.28. The number of anilines is 1. The molecule has 1 aromatic carbocycles. The maximum Gasteiger partial charge on any atom is 0.269 e. The number of pyridine rings is 1. The lowest BCUT2D eigenvalue weighted by atomic mass is 10.0. The Morgan fingerprint density at radius 1 is 1.15 bits per heavy atom. The first-order valence-corrected chi connectivity index (χ1v) is 9.81.